The minimum Gasteiger partial charge on any atom is -0.494 e. The van der Waals surface area contributed by atoms with Crippen molar-refractivity contribution in [2.75, 3.05) is 24.6 Å². The van der Waals surface area contributed by atoms with Gasteiger partial charge in [-0.3, -0.25) is 0 Å². The molecule has 29 heavy (non-hydrogen) atoms. The molecule has 1 fully saturated rings. The highest BCUT2D eigenvalue weighted by molar-refractivity contribution is 7.22. The van der Waals surface area contributed by atoms with Gasteiger partial charge in [0.2, 0.25) is 0 Å². The number of ether oxygens (including phenoxy) is 1. The van der Waals surface area contributed by atoms with Crippen molar-refractivity contribution < 1.29 is 4.74 Å². The largest absolute Gasteiger partial charge is 0.494 e. The average molecular weight is 454 g/mol. The Hall–Kier alpha value is -1.53. The van der Waals surface area contributed by atoms with Crippen molar-refractivity contribution in [1.29, 1.82) is 0 Å². The van der Waals surface area contributed by atoms with Gasteiger partial charge >= 0.3 is 0 Å². The molecule has 3 aromatic rings. The first-order valence-electron chi connectivity index (χ1n) is 9.83. The zero-order chi connectivity index (χ0) is 18.5. The summed E-state index contributed by atoms with van der Waals surface area (Å²) in [5.41, 5.74) is 7.59. The second-order valence-corrected chi connectivity index (χ2v) is 8.27. The normalized spacial score (nSPS) is 15.4. The molecule has 0 bridgehead atoms. The summed E-state index contributed by atoms with van der Waals surface area (Å²) in [7, 11) is 0. The van der Waals surface area contributed by atoms with Crippen LogP contribution in [0.15, 0.2) is 54.6 Å². The van der Waals surface area contributed by atoms with E-state index >= 15 is 0 Å². The van der Waals surface area contributed by atoms with E-state index < -0.39 is 0 Å². The van der Waals surface area contributed by atoms with Gasteiger partial charge in [0.25, 0.3) is 0 Å². The number of nitrogens with zero attached hydrogens (tertiary/aromatic N) is 2. The fraction of sp³-hybridized carbons (Fsp3) is 0.409. The van der Waals surface area contributed by atoms with Gasteiger partial charge in [0, 0.05) is 19.1 Å². The third kappa shape index (κ3) is 6.22. The maximum atomic E-state index is 6.49. The molecule has 1 aliphatic heterocycles. The molecule has 1 aromatic heterocycles. The SMILES string of the molecule is Cl.Cl.NC(CCCOc1ccccc1)C1CCN(c2nc3ccccc3s2)CC1. The van der Waals surface area contributed by atoms with E-state index in [1.54, 1.807) is 11.3 Å². The van der Waals surface area contributed by atoms with Crippen LogP contribution in [0.25, 0.3) is 10.2 Å². The van der Waals surface area contributed by atoms with Crippen molar-refractivity contribution in [3.63, 3.8) is 0 Å². The number of halogens is 2. The van der Waals surface area contributed by atoms with Crippen molar-refractivity contribution in [2.45, 2.75) is 31.7 Å². The molecule has 0 spiro atoms. The maximum absolute atomic E-state index is 6.49. The summed E-state index contributed by atoms with van der Waals surface area (Å²) in [6.45, 7) is 2.85. The number of benzene rings is 2. The van der Waals surface area contributed by atoms with E-state index in [0.717, 1.165) is 61.8 Å². The molecular weight excluding hydrogens is 425 g/mol. The number of fused-ring (bicyclic) bond motifs is 1. The second kappa shape index (κ2) is 11.6. The molecule has 0 radical (unpaired) electrons. The molecule has 0 aliphatic carbocycles. The van der Waals surface area contributed by atoms with E-state index in [0.29, 0.717) is 5.92 Å². The summed E-state index contributed by atoms with van der Waals surface area (Å²) in [6, 6.07) is 18.6. The Morgan fingerprint density at radius 2 is 1.72 bits per heavy atom. The van der Waals surface area contributed by atoms with E-state index in [-0.39, 0.29) is 30.9 Å². The third-order valence-electron chi connectivity index (χ3n) is 5.39. The summed E-state index contributed by atoms with van der Waals surface area (Å²) in [5.74, 6) is 1.54. The van der Waals surface area contributed by atoms with Crippen LogP contribution in [-0.4, -0.2) is 30.7 Å². The van der Waals surface area contributed by atoms with E-state index in [4.69, 9.17) is 15.5 Å². The molecule has 1 aliphatic rings. The molecule has 0 saturated carbocycles. The topological polar surface area (TPSA) is 51.4 Å². The van der Waals surface area contributed by atoms with Gasteiger partial charge in [0.1, 0.15) is 5.75 Å². The first kappa shape index (κ1) is 23.7. The van der Waals surface area contributed by atoms with Crippen LogP contribution in [0.1, 0.15) is 25.7 Å². The van der Waals surface area contributed by atoms with Crippen LogP contribution in [0.3, 0.4) is 0 Å². The van der Waals surface area contributed by atoms with Crippen molar-refractivity contribution >= 4 is 51.5 Å². The monoisotopic (exact) mass is 453 g/mol. The number of aromatic nitrogens is 1. The summed E-state index contributed by atoms with van der Waals surface area (Å²) < 4.78 is 7.05. The molecule has 4 nitrogen and oxygen atoms in total. The summed E-state index contributed by atoms with van der Waals surface area (Å²) in [5, 5.41) is 1.15. The molecule has 2 heterocycles. The molecule has 1 saturated heterocycles. The molecule has 158 valence electrons. The minimum absolute atomic E-state index is 0. The fourth-order valence-corrected chi connectivity index (χ4v) is 4.79. The molecule has 2 aromatic carbocycles. The van der Waals surface area contributed by atoms with E-state index in [2.05, 4.69) is 29.2 Å². The first-order chi connectivity index (χ1) is 13.3. The fourth-order valence-electron chi connectivity index (χ4n) is 3.78. The number of rotatable bonds is 7. The Morgan fingerprint density at radius 1 is 1.03 bits per heavy atom. The lowest BCUT2D eigenvalue weighted by Gasteiger charge is -2.34. The summed E-state index contributed by atoms with van der Waals surface area (Å²) in [6.07, 6.45) is 4.33. The van der Waals surface area contributed by atoms with Gasteiger partial charge < -0.3 is 15.4 Å². The first-order valence-corrected chi connectivity index (χ1v) is 10.7. The van der Waals surface area contributed by atoms with Crippen LogP contribution < -0.4 is 15.4 Å². The number of nitrogens with two attached hydrogens (primary N) is 1. The van der Waals surface area contributed by atoms with Crippen molar-refractivity contribution in [3.8, 4) is 5.75 Å². The quantitative estimate of drug-likeness (QED) is 0.476. The van der Waals surface area contributed by atoms with Gasteiger partial charge in [-0.1, -0.05) is 41.7 Å². The van der Waals surface area contributed by atoms with Gasteiger partial charge in [-0.15, -0.1) is 24.8 Å². The molecular formula is C22H29Cl2N3OS. The van der Waals surface area contributed by atoms with Crippen molar-refractivity contribution in [1.82, 2.24) is 4.98 Å². The predicted molar refractivity (Wildman–Crippen MR) is 128 cm³/mol. The van der Waals surface area contributed by atoms with E-state index in [1.807, 2.05) is 30.3 Å². The molecule has 4 rings (SSSR count). The van der Waals surface area contributed by atoms with Crippen molar-refractivity contribution in [3.05, 3.63) is 54.6 Å². The lowest BCUT2D eigenvalue weighted by atomic mass is 9.88. The zero-order valence-electron chi connectivity index (χ0n) is 16.4. The van der Waals surface area contributed by atoms with Crippen LogP contribution in [0.2, 0.25) is 0 Å². The molecule has 1 atom stereocenters. The second-order valence-electron chi connectivity index (χ2n) is 7.26. The third-order valence-corrected chi connectivity index (χ3v) is 6.49. The molecule has 7 heteroatoms. The summed E-state index contributed by atoms with van der Waals surface area (Å²) in [4.78, 5) is 7.22. The minimum atomic E-state index is 0. The lowest BCUT2D eigenvalue weighted by Crippen LogP contribution is -2.41. The van der Waals surface area contributed by atoms with E-state index in [9.17, 15) is 0 Å². The standard InChI is InChI=1S/C22H27N3OS.2ClH/c23-19(9-6-16-26-18-7-2-1-3-8-18)17-12-14-25(15-13-17)22-24-20-10-4-5-11-21(20)27-22;;/h1-5,7-8,10-11,17,19H,6,9,12-16,23H2;2*1H. The highest BCUT2D eigenvalue weighted by atomic mass is 35.5. The van der Waals surface area contributed by atoms with Gasteiger partial charge in [-0.2, -0.15) is 0 Å². The van der Waals surface area contributed by atoms with Crippen LogP contribution in [0, 0.1) is 5.92 Å². The molecule has 1 unspecified atom stereocenters. The maximum Gasteiger partial charge on any atom is 0.186 e. The number of para-hydroxylation sites is 2. The number of thiazole rings is 1. The van der Waals surface area contributed by atoms with Gasteiger partial charge in [-0.25, -0.2) is 4.98 Å². The smallest absolute Gasteiger partial charge is 0.186 e. The average Bonchev–Trinajstić information content (AvgIpc) is 3.16. The van der Waals surface area contributed by atoms with Crippen molar-refractivity contribution in [2.24, 2.45) is 11.7 Å². The zero-order valence-corrected chi connectivity index (χ0v) is 18.9. The Morgan fingerprint density at radius 3 is 2.45 bits per heavy atom. The van der Waals surface area contributed by atoms with Crippen LogP contribution >= 0.6 is 36.2 Å². The number of piperidine rings is 1. The Balaban J connectivity index is 0.00000150. The molecule has 0 amide bonds. The highest BCUT2D eigenvalue weighted by Gasteiger charge is 2.25. The predicted octanol–water partition coefficient (Wildman–Crippen LogP) is 5.54. The number of hydrogen-bond donors (Lipinski definition) is 1. The molecule has 2 N–H and O–H groups in total. The summed E-state index contributed by atoms with van der Waals surface area (Å²) >= 11 is 1.80. The Bertz CT molecular complexity index is 820. The van der Waals surface area contributed by atoms with Gasteiger partial charge in [-0.05, 0) is 55.9 Å². The number of hydrogen-bond acceptors (Lipinski definition) is 5. The van der Waals surface area contributed by atoms with Gasteiger partial charge in [0.05, 0.1) is 16.8 Å². The number of anilines is 1. The van der Waals surface area contributed by atoms with Gasteiger partial charge in [0.15, 0.2) is 5.13 Å². The van der Waals surface area contributed by atoms with Crippen LogP contribution in [-0.2, 0) is 0 Å². The highest BCUT2D eigenvalue weighted by Crippen LogP contribution is 2.32. The Kier molecular flexibility index (Phi) is 9.50. The Labute approximate surface area is 189 Å². The van der Waals surface area contributed by atoms with E-state index in [1.165, 1.54) is 4.70 Å². The lowest BCUT2D eigenvalue weighted by molar-refractivity contribution is 0.274. The van der Waals surface area contributed by atoms with Crippen LogP contribution in [0.4, 0.5) is 5.13 Å². The van der Waals surface area contributed by atoms with Crippen LogP contribution in [0.5, 0.6) is 5.75 Å².